The Morgan fingerprint density at radius 2 is 2.19 bits per heavy atom. The molecule has 1 atom stereocenters. The summed E-state index contributed by atoms with van der Waals surface area (Å²) in [7, 11) is 0. The van der Waals surface area contributed by atoms with Gasteiger partial charge in [0.15, 0.2) is 0 Å². The van der Waals surface area contributed by atoms with Gasteiger partial charge in [-0.1, -0.05) is 6.92 Å². The average Bonchev–Trinajstić information content (AvgIpc) is 2.17. The van der Waals surface area contributed by atoms with Crippen LogP contribution < -0.4 is 5.32 Å². The van der Waals surface area contributed by atoms with Crippen molar-refractivity contribution < 1.29 is 5.11 Å². The third-order valence-electron chi connectivity index (χ3n) is 3.07. The van der Waals surface area contributed by atoms with Crippen LogP contribution in [0.25, 0.3) is 0 Å². The minimum atomic E-state index is -0.572. The summed E-state index contributed by atoms with van der Waals surface area (Å²) in [5, 5.41) is 13.3. The molecule has 16 heavy (non-hydrogen) atoms. The van der Waals surface area contributed by atoms with Crippen molar-refractivity contribution in [2.75, 3.05) is 32.7 Å². The van der Waals surface area contributed by atoms with Gasteiger partial charge in [-0.05, 0) is 58.7 Å². The highest BCUT2D eigenvalue weighted by atomic mass is 16.3. The third kappa shape index (κ3) is 5.83. The van der Waals surface area contributed by atoms with Gasteiger partial charge >= 0.3 is 0 Å². The third-order valence-corrected chi connectivity index (χ3v) is 3.07. The Morgan fingerprint density at radius 1 is 1.44 bits per heavy atom. The van der Waals surface area contributed by atoms with Crippen LogP contribution >= 0.6 is 0 Å². The van der Waals surface area contributed by atoms with Gasteiger partial charge in [0.25, 0.3) is 0 Å². The van der Waals surface area contributed by atoms with Crippen LogP contribution in [-0.4, -0.2) is 48.3 Å². The molecule has 1 heterocycles. The lowest BCUT2D eigenvalue weighted by molar-refractivity contribution is 0.0297. The number of aliphatic hydroxyl groups is 1. The van der Waals surface area contributed by atoms with Crippen molar-refractivity contribution in [2.24, 2.45) is 5.92 Å². The maximum absolute atomic E-state index is 9.89. The van der Waals surface area contributed by atoms with E-state index >= 15 is 0 Å². The van der Waals surface area contributed by atoms with Gasteiger partial charge in [-0.15, -0.1) is 0 Å². The molecular formula is C13H28N2O. The van der Waals surface area contributed by atoms with Crippen molar-refractivity contribution in [1.82, 2.24) is 10.2 Å². The second-order valence-electron chi connectivity index (χ2n) is 5.76. The molecule has 0 bridgehead atoms. The average molecular weight is 228 g/mol. The van der Waals surface area contributed by atoms with E-state index in [1.807, 2.05) is 13.8 Å². The molecule has 1 aliphatic rings. The molecule has 1 rings (SSSR count). The Hall–Kier alpha value is -0.120. The SMILES string of the molecule is CCCN(CC1CCCNC1)CC(C)(C)O. The standard InChI is InChI=1S/C13H28N2O/c1-4-8-15(11-13(2,3)16)10-12-6-5-7-14-9-12/h12,14,16H,4-11H2,1-3H3. The van der Waals surface area contributed by atoms with Gasteiger partial charge in [0.2, 0.25) is 0 Å². The van der Waals surface area contributed by atoms with Gasteiger partial charge in [0.1, 0.15) is 0 Å². The molecule has 1 unspecified atom stereocenters. The smallest absolute Gasteiger partial charge is 0.0718 e. The van der Waals surface area contributed by atoms with E-state index in [2.05, 4.69) is 17.1 Å². The highest BCUT2D eigenvalue weighted by Crippen LogP contribution is 2.14. The first-order valence-electron chi connectivity index (χ1n) is 6.66. The second-order valence-corrected chi connectivity index (χ2v) is 5.76. The fourth-order valence-corrected chi connectivity index (χ4v) is 2.54. The monoisotopic (exact) mass is 228 g/mol. The second kappa shape index (κ2) is 6.58. The lowest BCUT2D eigenvalue weighted by Crippen LogP contribution is -2.44. The van der Waals surface area contributed by atoms with Crippen molar-refractivity contribution in [1.29, 1.82) is 0 Å². The van der Waals surface area contributed by atoms with Crippen LogP contribution in [0.2, 0.25) is 0 Å². The van der Waals surface area contributed by atoms with Crippen molar-refractivity contribution in [2.45, 2.75) is 45.6 Å². The molecule has 0 spiro atoms. The molecule has 0 aromatic heterocycles. The summed E-state index contributed by atoms with van der Waals surface area (Å²) in [5.74, 6) is 0.766. The molecule has 0 saturated carbocycles. The zero-order chi connectivity index (χ0) is 12.0. The Balaban J connectivity index is 2.36. The fraction of sp³-hybridized carbons (Fsp3) is 1.00. The van der Waals surface area contributed by atoms with Gasteiger partial charge in [0, 0.05) is 13.1 Å². The molecule has 2 N–H and O–H groups in total. The van der Waals surface area contributed by atoms with Crippen molar-refractivity contribution in [3.8, 4) is 0 Å². The first-order valence-corrected chi connectivity index (χ1v) is 6.66. The number of nitrogens with zero attached hydrogens (tertiary/aromatic N) is 1. The van der Waals surface area contributed by atoms with E-state index in [1.165, 1.54) is 19.4 Å². The molecule has 3 heteroatoms. The van der Waals surface area contributed by atoms with Crippen molar-refractivity contribution in [3.05, 3.63) is 0 Å². The minimum Gasteiger partial charge on any atom is -0.389 e. The van der Waals surface area contributed by atoms with E-state index in [0.29, 0.717) is 0 Å². The molecule has 0 aromatic carbocycles. The zero-order valence-electron chi connectivity index (χ0n) is 11.1. The Kier molecular flexibility index (Phi) is 5.73. The van der Waals surface area contributed by atoms with Gasteiger partial charge in [0.05, 0.1) is 5.60 Å². The minimum absolute atomic E-state index is 0.572. The van der Waals surface area contributed by atoms with Gasteiger partial charge < -0.3 is 15.3 Å². The van der Waals surface area contributed by atoms with E-state index in [1.54, 1.807) is 0 Å². The summed E-state index contributed by atoms with van der Waals surface area (Å²) < 4.78 is 0. The van der Waals surface area contributed by atoms with Crippen LogP contribution in [0, 0.1) is 5.92 Å². The summed E-state index contributed by atoms with van der Waals surface area (Å²) in [6.07, 6.45) is 3.79. The maximum atomic E-state index is 9.89. The molecule has 96 valence electrons. The summed E-state index contributed by atoms with van der Waals surface area (Å²) in [6, 6.07) is 0. The van der Waals surface area contributed by atoms with Crippen LogP contribution in [0.3, 0.4) is 0 Å². The normalized spacial score (nSPS) is 22.7. The lowest BCUT2D eigenvalue weighted by Gasteiger charge is -2.33. The Morgan fingerprint density at radius 3 is 2.69 bits per heavy atom. The van der Waals surface area contributed by atoms with E-state index < -0.39 is 5.60 Å². The summed E-state index contributed by atoms with van der Waals surface area (Å²) in [6.45, 7) is 11.3. The molecule has 1 fully saturated rings. The number of rotatable bonds is 6. The predicted molar refractivity (Wildman–Crippen MR) is 68.6 cm³/mol. The van der Waals surface area contributed by atoms with Crippen LogP contribution in [0.4, 0.5) is 0 Å². The van der Waals surface area contributed by atoms with E-state index in [4.69, 9.17) is 0 Å². The molecule has 0 amide bonds. The van der Waals surface area contributed by atoms with Crippen LogP contribution in [0.15, 0.2) is 0 Å². The first-order chi connectivity index (χ1) is 7.51. The van der Waals surface area contributed by atoms with Crippen LogP contribution in [-0.2, 0) is 0 Å². The number of piperidine rings is 1. The molecule has 0 aromatic rings. The largest absolute Gasteiger partial charge is 0.389 e. The number of hydrogen-bond acceptors (Lipinski definition) is 3. The zero-order valence-corrected chi connectivity index (χ0v) is 11.1. The molecule has 3 nitrogen and oxygen atoms in total. The van der Waals surface area contributed by atoms with E-state index in [9.17, 15) is 5.11 Å². The number of nitrogens with one attached hydrogen (secondary N) is 1. The molecular weight excluding hydrogens is 200 g/mol. The lowest BCUT2D eigenvalue weighted by atomic mass is 9.98. The predicted octanol–water partition coefficient (Wildman–Crippen LogP) is 1.47. The highest BCUT2D eigenvalue weighted by molar-refractivity contribution is 4.77. The molecule has 0 radical (unpaired) electrons. The quantitative estimate of drug-likeness (QED) is 0.722. The van der Waals surface area contributed by atoms with Crippen LogP contribution in [0.1, 0.15) is 40.0 Å². The maximum Gasteiger partial charge on any atom is 0.0718 e. The first kappa shape index (κ1) is 13.9. The summed E-state index contributed by atoms with van der Waals surface area (Å²) >= 11 is 0. The van der Waals surface area contributed by atoms with E-state index in [0.717, 1.165) is 38.5 Å². The fourth-order valence-electron chi connectivity index (χ4n) is 2.54. The van der Waals surface area contributed by atoms with E-state index in [-0.39, 0.29) is 0 Å². The highest BCUT2D eigenvalue weighted by Gasteiger charge is 2.21. The Bertz CT molecular complexity index is 183. The van der Waals surface area contributed by atoms with Gasteiger partial charge in [-0.3, -0.25) is 0 Å². The molecule has 0 aliphatic carbocycles. The van der Waals surface area contributed by atoms with Gasteiger partial charge in [-0.25, -0.2) is 0 Å². The van der Waals surface area contributed by atoms with Crippen LogP contribution in [0.5, 0.6) is 0 Å². The number of hydrogen-bond donors (Lipinski definition) is 2. The molecule has 1 saturated heterocycles. The summed E-state index contributed by atoms with van der Waals surface area (Å²) in [4.78, 5) is 2.41. The summed E-state index contributed by atoms with van der Waals surface area (Å²) in [5.41, 5.74) is -0.572. The van der Waals surface area contributed by atoms with Crippen molar-refractivity contribution in [3.63, 3.8) is 0 Å². The van der Waals surface area contributed by atoms with Crippen molar-refractivity contribution >= 4 is 0 Å². The Labute approximate surface area is 100 Å². The topological polar surface area (TPSA) is 35.5 Å². The molecule has 1 aliphatic heterocycles. The van der Waals surface area contributed by atoms with Gasteiger partial charge in [-0.2, -0.15) is 0 Å².